The number of H-pyrrole nitrogens is 1. The first-order chi connectivity index (χ1) is 13.6. The molecule has 2 amide bonds. The molecule has 0 saturated carbocycles. The highest BCUT2D eigenvalue weighted by Gasteiger charge is 2.37. The van der Waals surface area contributed by atoms with Crippen molar-refractivity contribution in [2.45, 2.75) is 12.5 Å². The van der Waals surface area contributed by atoms with Gasteiger partial charge in [0.25, 0.3) is 0 Å². The van der Waals surface area contributed by atoms with Crippen LogP contribution in [0, 0.1) is 5.92 Å². The Bertz CT molecular complexity index is 1020. The first-order valence-corrected chi connectivity index (χ1v) is 9.76. The van der Waals surface area contributed by atoms with Crippen molar-refractivity contribution in [3.05, 3.63) is 58.6 Å². The van der Waals surface area contributed by atoms with Crippen molar-refractivity contribution in [3.8, 4) is 0 Å². The number of anilines is 1. The number of nitrogens with zero attached hydrogens (tertiary/aromatic N) is 2. The molecule has 3 aromatic rings. The fourth-order valence-corrected chi connectivity index (χ4v) is 3.84. The zero-order valence-corrected chi connectivity index (χ0v) is 16.5. The Morgan fingerprint density at radius 1 is 1.32 bits per heavy atom. The van der Waals surface area contributed by atoms with Crippen LogP contribution in [0.25, 0.3) is 10.9 Å². The summed E-state index contributed by atoms with van der Waals surface area (Å²) in [6.07, 6.45) is 0.115. The van der Waals surface area contributed by atoms with E-state index in [0.29, 0.717) is 5.82 Å². The van der Waals surface area contributed by atoms with Crippen molar-refractivity contribution in [2.75, 3.05) is 18.1 Å². The molecule has 1 saturated heterocycles. The Labute approximate surface area is 169 Å². The Kier molecular flexibility index (Phi) is 5.15. The number of nitrogens with one attached hydrogen (secondary N) is 2. The number of amides is 2. The number of halogens is 1. The van der Waals surface area contributed by atoms with E-state index < -0.39 is 12.0 Å². The van der Waals surface area contributed by atoms with E-state index in [9.17, 15) is 14.7 Å². The monoisotopic (exact) mass is 442 g/mol. The lowest BCUT2D eigenvalue weighted by molar-refractivity contribution is -0.127. The third-order valence-corrected chi connectivity index (χ3v) is 5.45. The summed E-state index contributed by atoms with van der Waals surface area (Å²) in [6, 6.07) is 14.4. The summed E-state index contributed by atoms with van der Waals surface area (Å²) >= 11 is 3.41. The van der Waals surface area contributed by atoms with Crippen LogP contribution in [0.1, 0.15) is 18.0 Å². The molecular formula is C20H19BrN4O3. The number of fused-ring (bicyclic) bond motifs is 1. The van der Waals surface area contributed by atoms with Gasteiger partial charge in [-0.25, -0.2) is 0 Å². The second-order valence-electron chi connectivity index (χ2n) is 6.80. The van der Waals surface area contributed by atoms with E-state index in [0.717, 1.165) is 20.9 Å². The first kappa shape index (κ1) is 18.6. The summed E-state index contributed by atoms with van der Waals surface area (Å²) in [5, 5.41) is 20.5. The molecule has 3 N–H and O–H groups in total. The molecule has 1 aliphatic heterocycles. The van der Waals surface area contributed by atoms with Crippen molar-refractivity contribution in [1.82, 2.24) is 15.5 Å². The fourth-order valence-electron chi connectivity index (χ4n) is 3.48. The largest absolute Gasteiger partial charge is 0.394 e. The van der Waals surface area contributed by atoms with Gasteiger partial charge >= 0.3 is 0 Å². The van der Waals surface area contributed by atoms with Gasteiger partial charge in [0.1, 0.15) is 0 Å². The SMILES string of the molecule is O=C(N[C@H](CO)c1ccccc1)[C@H]1CC(=O)N(c2n[nH]c3cc(Br)ccc23)C1. The maximum atomic E-state index is 12.7. The van der Waals surface area contributed by atoms with Crippen LogP contribution >= 0.6 is 15.9 Å². The van der Waals surface area contributed by atoms with Crippen LogP contribution in [0.15, 0.2) is 53.0 Å². The number of aromatic nitrogens is 2. The molecule has 4 rings (SSSR count). The minimum Gasteiger partial charge on any atom is -0.394 e. The average Bonchev–Trinajstić information content (AvgIpc) is 3.29. The fraction of sp³-hybridized carbons (Fsp3) is 0.250. The molecule has 0 bridgehead atoms. The number of hydrogen-bond donors (Lipinski definition) is 3. The smallest absolute Gasteiger partial charge is 0.229 e. The number of carbonyl (C=O) groups excluding carboxylic acids is 2. The zero-order valence-electron chi connectivity index (χ0n) is 14.9. The summed E-state index contributed by atoms with van der Waals surface area (Å²) in [7, 11) is 0. The van der Waals surface area contributed by atoms with Crippen molar-refractivity contribution in [2.24, 2.45) is 5.92 Å². The van der Waals surface area contributed by atoms with Crippen LogP contribution < -0.4 is 10.2 Å². The van der Waals surface area contributed by atoms with Crippen LogP contribution in [-0.2, 0) is 9.59 Å². The molecule has 1 fully saturated rings. The van der Waals surface area contributed by atoms with Gasteiger partial charge < -0.3 is 10.4 Å². The summed E-state index contributed by atoms with van der Waals surface area (Å²) in [5.41, 5.74) is 1.64. The standard InChI is InChI=1S/C20H19BrN4O3/c21-14-6-7-15-16(9-14)23-24-19(15)25-10-13(8-18(25)27)20(28)22-17(11-26)12-4-2-1-3-5-12/h1-7,9,13,17,26H,8,10-11H2,(H,22,28)(H,23,24)/t13-,17+/m0/s1. The Morgan fingerprint density at radius 2 is 2.11 bits per heavy atom. The van der Waals surface area contributed by atoms with E-state index in [4.69, 9.17) is 0 Å². The molecule has 28 heavy (non-hydrogen) atoms. The van der Waals surface area contributed by atoms with Gasteiger partial charge in [-0.15, -0.1) is 0 Å². The van der Waals surface area contributed by atoms with Crippen molar-refractivity contribution >= 4 is 44.5 Å². The molecular weight excluding hydrogens is 424 g/mol. The van der Waals surface area contributed by atoms with Crippen molar-refractivity contribution in [1.29, 1.82) is 0 Å². The molecule has 0 spiro atoms. The van der Waals surface area contributed by atoms with Crippen LogP contribution in [0.3, 0.4) is 0 Å². The van der Waals surface area contributed by atoms with Gasteiger partial charge in [0, 0.05) is 22.8 Å². The van der Waals surface area contributed by atoms with Crippen LogP contribution in [0.2, 0.25) is 0 Å². The summed E-state index contributed by atoms with van der Waals surface area (Å²) in [5.74, 6) is -0.352. The van der Waals surface area contributed by atoms with E-state index in [-0.39, 0.29) is 31.4 Å². The van der Waals surface area contributed by atoms with E-state index in [1.807, 2.05) is 48.5 Å². The minimum absolute atomic E-state index is 0.115. The Hall–Kier alpha value is -2.71. The molecule has 0 aliphatic carbocycles. The Balaban J connectivity index is 1.50. The minimum atomic E-state index is -0.499. The molecule has 8 heteroatoms. The van der Waals surface area contributed by atoms with Crippen LogP contribution in [-0.4, -0.2) is 40.3 Å². The van der Waals surface area contributed by atoms with Gasteiger partial charge in [-0.1, -0.05) is 46.3 Å². The second kappa shape index (κ2) is 7.73. The summed E-state index contributed by atoms with van der Waals surface area (Å²) in [4.78, 5) is 26.8. The number of aliphatic hydroxyl groups excluding tert-OH is 1. The highest BCUT2D eigenvalue weighted by atomic mass is 79.9. The molecule has 2 aromatic carbocycles. The quantitative estimate of drug-likeness (QED) is 0.565. The van der Waals surface area contributed by atoms with E-state index >= 15 is 0 Å². The van der Waals surface area contributed by atoms with Gasteiger partial charge in [0.05, 0.1) is 24.1 Å². The number of aliphatic hydroxyl groups is 1. The molecule has 1 aromatic heterocycles. The predicted octanol–water partition coefficient (Wildman–Crippen LogP) is 2.53. The number of aromatic amines is 1. The van der Waals surface area contributed by atoms with Crippen molar-refractivity contribution in [3.63, 3.8) is 0 Å². The van der Waals surface area contributed by atoms with E-state index in [1.54, 1.807) is 4.90 Å². The highest BCUT2D eigenvalue weighted by Crippen LogP contribution is 2.31. The van der Waals surface area contributed by atoms with Crippen LogP contribution in [0.5, 0.6) is 0 Å². The normalized spacial score (nSPS) is 17.9. The summed E-state index contributed by atoms with van der Waals surface area (Å²) < 4.78 is 0.913. The van der Waals surface area contributed by atoms with Gasteiger partial charge in [-0.2, -0.15) is 5.10 Å². The average molecular weight is 443 g/mol. The first-order valence-electron chi connectivity index (χ1n) is 8.97. The molecule has 0 radical (unpaired) electrons. The third-order valence-electron chi connectivity index (χ3n) is 4.96. The number of carbonyl (C=O) groups is 2. The Morgan fingerprint density at radius 3 is 2.86 bits per heavy atom. The van der Waals surface area contributed by atoms with Crippen molar-refractivity contribution < 1.29 is 14.7 Å². The molecule has 2 heterocycles. The third kappa shape index (κ3) is 3.53. The molecule has 7 nitrogen and oxygen atoms in total. The van der Waals surface area contributed by atoms with Gasteiger partial charge in [-0.05, 0) is 23.8 Å². The predicted molar refractivity (Wildman–Crippen MR) is 109 cm³/mol. The molecule has 0 unspecified atom stereocenters. The summed E-state index contributed by atoms with van der Waals surface area (Å²) in [6.45, 7) is 0.0483. The van der Waals surface area contributed by atoms with Gasteiger partial charge in [0.15, 0.2) is 5.82 Å². The topological polar surface area (TPSA) is 98.3 Å². The van der Waals surface area contributed by atoms with Gasteiger partial charge in [0.2, 0.25) is 11.8 Å². The highest BCUT2D eigenvalue weighted by molar-refractivity contribution is 9.10. The second-order valence-corrected chi connectivity index (χ2v) is 7.71. The number of rotatable bonds is 5. The van der Waals surface area contributed by atoms with E-state index in [1.165, 1.54) is 0 Å². The van der Waals surface area contributed by atoms with E-state index in [2.05, 4.69) is 31.4 Å². The number of benzene rings is 2. The van der Waals surface area contributed by atoms with Crippen LogP contribution in [0.4, 0.5) is 5.82 Å². The maximum Gasteiger partial charge on any atom is 0.229 e. The molecule has 1 aliphatic rings. The molecule has 2 atom stereocenters. The zero-order chi connectivity index (χ0) is 19.7. The lowest BCUT2D eigenvalue weighted by Gasteiger charge is -2.19. The maximum absolute atomic E-state index is 12.7. The lowest BCUT2D eigenvalue weighted by atomic mass is 10.0. The molecule has 144 valence electrons. The number of hydrogen-bond acceptors (Lipinski definition) is 4. The lowest BCUT2D eigenvalue weighted by Crippen LogP contribution is -2.37. The van der Waals surface area contributed by atoms with Gasteiger partial charge in [-0.3, -0.25) is 19.6 Å².